The zero-order valence-corrected chi connectivity index (χ0v) is 28.8. The van der Waals surface area contributed by atoms with Crippen molar-refractivity contribution >= 4 is 23.6 Å². The molecule has 4 fully saturated rings. The van der Waals surface area contributed by atoms with E-state index in [0.29, 0.717) is 23.7 Å². The number of carbonyl (C=O) groups excluding carboxylic acids is 4. The zero-order chi connectivity index (χ0) is 32.3. The molecule has 256 valence electrons. The Hall–Kier alpha value is -2.12. The highest BCUT2D eigenvalue weighted by molar-refractivity contribution is 5.89. The summed E-state index contributed by atoms with van der Waals surface area (Å²) in [5.74, 6) is -0.266. The lowest BCUT2D eigenvalue weighted by Gasteiger charge is -2.34. The van der Waals surface area contributed by atoms with Gasteiger partial charge in [0.05, 0.1) is 0 Å². The molecule has 0 aromatic rings. The minimum atomic E-state index is -0.668. The summed E-state index contributed by atoms with van der Waals surface area (Å²) >= 11 is 0. The Morgan fingerprint density at radius 1 is 0.444 bits per heavy atom. The van der Waals surface area contributed by atoms with Crippen molar-refractivity contribution in [1.82, 2.24) is 21.3 Å². The highest BCUT2D eigenvalue weighted by Crippen LogP contribution is 2.30. The summed E-state index contributed by atoms with van der Waals surface area (Å²) in [4.78, 5) is 54.9. The number of hydrogen-bond acceptors (Lipinski definition) is 4. The van der Waals surface area contributed by atoms with Crippen LogP contribution in [0, 0.1) is 35.5 Å². The third kappa shape index (κ3) is 11.0. The largest absolute Gasteiger partial charge is 0.353 e. The van der Waals surface area contributed by atoms with E-state index in [9.17, 15) is 19.2 Å². The highest BCUT2D eigenvalue weighted by atomic mass is 16.2. The van der Waals surface area contributed by atoms with Gasteiger partial charge in [-0.05, 0) is 81.5 Å². The summed E-state index contributed by atoms with van der Waals surface area (Å²) in [6.07, 6.45) is 17.6. The van der Waals surface area contributed by atoms with Gasteiger partial charge in [0.25, 0.3) is 0 Å². The molecule has 10 atom stereocenters. The summed E-state index contributed by atoms with van der Waals surface area (Å²) < 4.78 is 0. The van der Waals surface area contributed by atoms with Crippen molar-refractivity contribution in [2.45, 2.75) is 174 Å². The third-order valence-corrected chi connectivity index (χ3v) is 12.0. The quantitative estimate of drug-likeness (QED) is 0.207. The monoisotopic (exact) mass is 628 g/mol. The molecule has 4 aliphatic carbocycles. The van der Waals surface area contributed by atoms with Crippen LogP contribution in [0.25, 0.3) is 0 Å². The predicted molar refractivity (Wildman–Crippen MR) is 179 cm³/mol. The van der Waals surface area contributed by atoms with Gasteiger partial charge in [0.1, 0.15) is 0 Å². The maximum absolute atomic E-state index is 14.0. The number of amides is 4. The maximum Gasteiger partial charge on any atom is 0.223 e. The van der Waals surface area contributed by atoms with Crippen LogP contribution in [0.5, 0.6) is 0 Å². The van der Waals surface area contributed by atoms with Crippen molar-refractivity contribution in [1.29, 1.82) is 0 Å². The highest BCUT2D eigenvalue weighted by Gasteiger charge is 2.36. The normalized spacial score (nSPS) is 33.7. The smallest absolute Gasteiger partial charge is 0.223 e. The third-order valence-electron chi connectivity index (χ3n) is 12.0. The van der Waals surface area contributed by atoms with Crippen molar-refractivity contribution < 1.29 is 19.2 Å². The lowest BCUT2D eigenvalue weighted by molar-refractivity contribution is -0.136. The minimum Gasteiger partial charge on any atom is -0.353 e. The summed E-state index contributed by atoms with van der Waals surface area (Å²) in [6.45, 7) is 8.76. The first-order valence-electron chi connectivity index (χ1n) is 18.8. The lowest BCUT2D eigenvalue weighted by Crippen LogP contribution is -2.49. The van der Waals surface area contributed by atoms with E-state index in [0.717, 1.165) is 77.0 Å². The van der Waals surface area contributed by atoms with Gasteiger partial charge in [-0.1, -0.05) is 79.1 Å². The number of nitrogens with one attached hydrogen (secondary N) is 4. The van der Waals surface area contributed by atoms with Crippen LogP contribution in [0.2, 0.25) is 0 Å². The molecule has 8 nitrogen and oxygen atoms in total. The molecular formula is C37H64N4O4. The Morgan fingerprint density at radius 3 is 1.00 bits per heavy atom. The SMILES string of the molecule is CC1CCCCC1NC(=O)CC(CC(CC(=O)NC1CCCCC1C)C(=O)NC1CCCCC1C)C(=O)NC1CCCCC1C. The van der Waals surface area contributed by atoms with E-state index in [1.165, 1.54) is 25.7 Å². The molecule has 0 heterocycles. The van der Waals surface area contributed by atoms with Gasteiger partial charge >= 0.3 is 0 Å². The summed E-state index contributed by atoms with van der Waals surface area (Å²) in [6, 6.07) is 0.426. The first kappa shape index (κ1) is 35.7. The molecule has 8 heteroatoms. The first-order chi connectivity index (χ1) is 21.6. The summed E-state index contributed by atoms with van der Waals surface area (Å²) in [5, 5.41) is 13.1. The van der Waals surface area contributed by atoms with Gasteiger partial charge < -0.3 is 21.3 Å². The van der Waals surface area contributed by atoms with Gasteiger partial charge in [-0.15, -0.1) is 0 Å². The van der Waals surface area contributed by atoms with E-state index in [1.807, 2.05) is 0 Å². The van der Waals surface area contributed by atoms with Gasteiger partial charge in [-0.3, -0.25) is 19.2 Å². The molecule has 10 unspecified atom stereocenters. The lowest BCUT2D eigenvalue weighted by atomic mass is 9.82. The Balaban J connectivity index is 1.50. The van der Waals surface area contributed by atoms with Crippen molar-refractivity contribution in [3.05, 3.63) is 0 Å². The fourth-order valence-corrected chi connectivity index (χ4v) is 8.61. The molecule has 0 bridgehead atoms. The molecule has 0 aliphatic heterocycles. The van der Waals surface area contributed by atoms with Gasteiger partial charge in [0, 0.05) is 48.8 Å². The molecule has 0 spiro atoms. The molecule has 0 aromatic heterocycles. The van der Waals surface area contributed by atoms with E-state index in [2.05, 4.69) is 49.0 Å². The Kier molecular flexibility index (Phi) is 14.1. The molecule has 4 saturated carbocycles. The Bertz CT molecular complexity index is 911. The molecule has 4 amide bonds. The number of rotatable bonds is 12. The molecule has 0 radical (unpaired) electrons. The van der Waals surface area contributed by atoms with Crippen LogP contribution in [0.4, 0.5) is 0 Å². The number of carbonyl (C=O) groups is 4. The van der Waals surface area contributed by atoms with Gasteiger partial charge in [0.2, 0.25) is 23.6 Å². The predicted octanol–water partition coefficient (Wildman–Crippen LogP) is 6.17. The van der Waals surface area contributed by atoms with E-state index < -0.39 is 11.8 Å². The fraction of sp³-hybridized carbons (Fsp3) is 0.892. The standard InChI is InChI=1S/C37H64N4O4/c1-24-13-5-9-17-30(24)38-34(42)22-28(36(44)40-32-19-11-7-15-26(32)3)21-29(37(45)41-33-20-12-8-16-27(33)4)23-35(43)39-31-18-10-6-14-25(31)2/h24-33H,5-23H2,1-4H3,(H,38,42)(H,39,43)(H,40,44)(H,41,45). The van der Waals surface area contributed by atoms with Crippen LogP contribution in [0.3, 0.4) is 0 Å². The molecule has 4 aliphatic rings. The molecule has 45 heavy (non-hydrogen) atoms. The van der Waals surface area contributed by atoms with E-state index >= 15 is 0 Å². The second-order valence-electron chi connectivity index (χ2n) is 15.7. The van der Waals surface area contributed by atoms with Crippen molar-refractivity contribution in [3.63, 3.8) is 0 Å². The number of hydrogen-bond donors (Lipinski definition) is 4. The Labute approximate surface area is 273 Å². The molecule has 4 rings (SSSR count). The van der Waals surface area contributed by atoms with E-state index in [4.69, 9.17) is 0 Å². The van der Waals surface area contributed by atoms with Crippen molar-refractivity contribution in [2.75, 3.05) is 0 Å². The second-order valence-corrected chi connectivity index (χ2v) is 15.7. The minimum absolute atomic E-state index is 0.0427. The zero-order valence-electron chi connectivity index (χ0n) is 28.8. The Morgan fingerprint density at radius 2 is 0.711 bits per heavy atom. The molecule has 4 N–H and O–H groups in total. The maximum atomic E-state index is 14.0. The van der Waals surface area contributed by atoms with Crippen LogP contribution in [0.1, 0.15) is 150 Å². The summed E-state index contributed by atoms with van der Waals surface area (Å²) in [7, 11) is 0. The second kappa shape index (κ2) is 17.7. The van der Waals surface area contributed by atoms with E-state index in [-0.39, 0.29) is 67.1 Å². The first-order valence-corrected chi connectivity index (χ1v) is 18.8. The van der Waals surface area contributed by atoms with Crippen molar-refractivity contribution in [2.24, 2.45) is 35.5 Å². The van der Waals surface area contributed by atoms with Crippen LogP contribution >= 0.6 is 0 Å². The van der Waals surface area contributed by atoms with Gasteiger partial charge in [0.15, 0.2) is 0 Å². The fourth-order valence-electron chi connectivity index (χ4n) is 8.61. The van der Waals surface area contributed by atoms with Crippen molar-refractivity contribution in [3.8, 4) is 0 Å². The van der Waals surface area contributed by atoms with Crippen LogP contribution in [-0.2, 0) is 19.2 Å². The van der Waals surface area contributed by atoms with Crippen LogP contribution < -0.4 is 21.3 Å². The van der Waals surface area contributed by atoms with Gasteiger partial charge in [-0.25, -0.2) is 0 Å². The molecule has 0 saturated heterocycles. The topological polar surface area (TPSA) is 116 Å². The average molecular weight is 629 g/mol. The summed E-state index contributed by atoms with van der Waals surface area (Å²) in [5.41, 5.74) is 0. The molecular weight excluding hydrogens is 564 g/mol. The van der Waals surface area contributed by atoms with Gasteiger partial charge in [-0.2, -0.15) is 0 Å². The van der Waals surface area contributed by atoms with Crippen LogP contribution in [0.15, 0.2) is 0 Å². The average Bonchev–Trinajstić information content (AvgIpc) is 3.01. The molecule has 0 aromatic carbocycles. The van der Waals surface area contributed by atoms with Crippen LogP contribution in [-0.4, -0.2) is 47.8 Å². The van der Waals surface area contributed by atoms with E-state index in [1.54, 1.807) is 0 Å².